The summed E-state index contributed by atoms with van der Waals surface area (Å²) in [7, 11) is 0. The number of aryl methyl sites for hydroxylation is 2. The van der Waals surface area contributed by atoms with Gasteiger partial charge in [0.2, 0.25) is 5.91 Å². The number of nitrogens with zero attached hydrogens (tertiary/aromatic N) is 1. The van der Waals surface area contributed by atoms with E-state index in [2.05, 4.69) is 5.32 Å². The first kappa shape index (κ1) is 22.8. The highest BCUT2D eigenvalue weighted by molar-refractivity contribution is 6.04. The molecule has 2 aliphatic rings. The summed E-state index contributed by atoms with van der Waals surface area (Å²) in [6.45, 7) is 4.55. The standard InChI is InChI=1S/C25H28N2O6/c1-16-5-6-17(2)23(10-16)32-14-21(28)18-7-8-22-20(11-18)27(25(30)15-33-22)13-24(29)26-12-19-4-3-9-31-19/h5-8,10-11,19H,3-4,9,12-15H2,1-2H3,(H,26,29). The van der Waals surface area contributed by atoms with Crippen LogP contribution in [-0.2, 0) is 14.3 Å². The second-order valence-corrected chi connectivity index (χ2v) is 8.37. The molecular weight excluding hydrogens is 424 g/mol. The van der Waals surface area contributed by atoms with Crippen LogP contribution < -0.4 is 19.7 Å². The van der Waals surface area contributed by atoms with Gasteiger partial charge in [0, 0.05) is 18.7 Å². The summed E-state index contributed by atoms with van der Waals surface area (Å²) >= 11 is 0. The highest BCUT2D eigenvalue weighted by Gasteiger charge is 2.29. The lowest BCUT2D eigenvalue weighted by Crippen LogP contribution is -2.46. The lowest BCUT2D eigenvalue weighted by Gasteiger charge is -2.29. The van der Waals surface area contributed by atoms with Crippen LogP contribution in [0.4, 0.5) is 5.69 Å². The van der Waals surface area contributed by atoms with Crippen molar-refractivity contribution in [2.24, 2.45) is 0 Å². The van der Waals surface area contributed by atoms with E-state index in [1.807, 2.05) is 32.0 Å². The van der Waals surface area contributed by atoms with Crippen LogP contribution in [0.15, 0.2) is 36.4 Å². The number of carbonyl (C=O) groups excluding carboxylic acids is 3. The molecule has 8 heteroatoms. The number of amides is 2. The number of fused-ring (bicyclic) bond motifs is 1. The Morgan fingerprint density at radius 1 is 1.18 bits per heavy atom. The number of carbonyl (C=O) groups is 3. The molecule has 4 rings (SSSR count). The van der Waals surface area contributed by atoms with E-state index < -0.39 is 0 Å². The molecule has 2 amide bonds. The van der Waals surface area contributed by atoms with Crippen molar-refractivity contribution in [1.82, 2.24) is 5.32 Å². The Bertz CT molecular complexity index is 1060. The van der Waals surface area contributed by atoms with Crippen molar-refractivity contribution in [3.63, 3.8) is 0 Å². The van der Waals surface area contributed by atoms with Crippen LogP contribution in [0.1, 0.15) is 34.3 Å². The molecule has 1 saturated heterocycles. The van der Waals surface area contributed by atoms with Crippen molar-refractivity contribution in [3.8, 4) is 11.5 Å². The van der Waals surface area contributed by atoms with E-state index in [-0.39, 0.29) is 43.5 Å². The van der Waals surface area contributed by atoms with Crippen LogP contribution >= 0.6 is 0 Å². The van der Waals surface area contributed by atoms with Gasteiger partial charge in [0.15, 0.2) is 19.0 Å². The number of hydrogen-bond donors (Lipinski definition) is 1. The largest absolute Gasteiger partial charge is 0.485 e. The topological polar surface area (TPSA) is 94.2 Å². The third-order valence-electron chi connectivity index (χ3n) is 5.78. The molecule has 0 radical (unpaired) electrons. The Morgan fingerprint density at radius 2 is 2.03 bits per heavy atom. The quantitative estimate of drug-likeness (QED) is 0.619. The average molecular weight is 453 g/mol. The Hall–Kier alpha value is -3.39. The maximum atomic E-state index is 12.8. The molecular formula is C25H28N2O6. The highest BCUT2D eigenvalue weighted by Crippen LogP contribution is 2.33. The van der Waals surface area contributed by atoms with Crippen LogP contribution in [0.3, 0.4) is 0 Å². The van der Waals surface area contributed by atoms with Crippen LogP contribution in [0.5, 0.6) is 11.5 Å². The van der Waals surface area contributed by atoms with Crippen molar-refractivity contribution in [3.05, 3.63) is 53.1 Å². The van der Waals surface area contributed by atoms with Crippen molar-refractivity contribution < 1.29 is 28.6 Å². The lowest BCUT2D eigenvalue weighted by atomic mass is 10.1. The zero-order valence-corrected chi connectivity index (χ0v) is 18.9. The van der Waals surface area contributed by atoms with Crippen molar-refractivity contribution >= 4 is 23.3 Å². The van der Waals surface area contributed by atoms with Gasteiger partial charge < -0.3 is 19.5 Å². The predicted octanol–water partition coefficient (Wildman–Crippen LogP) is 2.59. The minimum absolute atomic E-state index is 0.0166. The number of ether oxygens (including phenoxy) is 3. The van der Waals surface area contributed by atoms with Crippen LogP contribution in [0.2, 0.25) is 0 Å². The van der Waals surface area contributed by atoms with E-state index in [1.54, 1.807) is 18.2 Å². The van der Waals surface area contributed by atoms with Crippen LogP contribution in [0.25, 0.3) is 0 Å². The molecule has 0 spiro atoms. The third-order valence-corrected chi connectivity index (χ3v) is 5.78. The molecule has 1 unspecified atom stereocenters. The van der Waals surface area contributed by atoms with Crippen LogP contribution in [0, 0.1) is 13.8 Å². The molecule has 33 heavy (non-hydrogen) atoms. The number of anilines is 1. The molecule has 2 aromatic carbocycles. The van der Waals surface area contributed by atoms with Gasteiger partial charge in [-0.1, -0.05) is 12.1 Å². The number of hydrogen-bond acceptors (Lipinski definition) is 6. The highest BCUT2D eigenvalue weighted by atomic mass is 16.5. The fourth-order valence-electron chi connectivity index (χ4n) is 3.87. The normalized spacial score (nSPS) is 17.3. The maximum absolute atomic E-state index is 12.8. The first-order valence-electron chi connectivity index (χ1n) is 11.1. The number of ketones is 1. The summed E-state index contributed by atoms with van der Waals surface area (Å²) in [5.74, 6) is 0.241. The Morgan fingerprint density at radius 3 is 2.82 bits per heavy atom. The minimum atomic E-state index is -0.342. The number of Topliss-reactive ketones (excluding diaryl/α,β-unsaturated/α-hetero) is 1. The van der Waals surface area contributed by atoms with Gasteiger partial charge in [0.05, 0.1) is 11.8 Å². The van der Waals surface area contributed by atoms with Gasteiger partial charge >= 0.3 is 0 Å². The molecule has 0 saturated carbocycles. The summed E-state index contributed by atoms with van der Waals surface area (Å²) in [6, 6.07) is 10.7. The molecule has 0 bridgehead atoms. The van der Waals surface area contributed by atoms with E-state index in [4.69, 9.17) is 14.2 Å². The van der Waals surface area contributed by atoms with Gasteiger partial charge in [-0.3, -0.25) is 19.3 Å². The van der Waals surface area contributed by atoms with Crippen LogP contribution in [-0.4, -0.2) is 56.6 Å². The summed E-state index contributed by atoms with van der Waals surface area (Å²) in [5.41, 5.74) is 2.76. The second kappa shape index (κ2) is 10.0. The second-order valence-electron chi connectivity index (χ2n) is 8.37. The predicted molar refractivity (Wildman–Crippen MR) is 122 cm³/mol. The Balaban J connectivity index is 1.43. The molecule has 1 atom stereocenters. The van der Waals surface area contributed by atoms with Gasteiger partial charge in [0.25, 0.3) is 5.91 Å². The molecule has 2 heterocycles. The first-order chi connectivity index (χ1) is 15.9. The third kappa shape index (κ3) is 5.51. The SMILES string of the molecule is Cc1ccc(C)c(OCC(=O)c2ccc3c(c2)N(CC(=O)NCC2CCCO2)C(=O)CO3)c1. The minimum Gasteiger partial charge on any atom is -0.485 e. The number of benzene rings is 2. The summed E-state index contributed by atoms with van der Waals surface area (Å²) in [6.07, 6.45) is 1.91. The summed E-state index contributed by atoms with van der Waals surface area (Å²) in [4.78, 5) is 39.1. The van der Waals surface area contributed by atoms with E-state index in [1.165, 1.54) is 4.90 Å². The molecule has 1 N–H and O–H groups in total. The van der Waals surface area contributed by atoms with E-state index in [9.17, 15) is 14.4 Å². The van der Waals surface area contributed by atoms with Gasteiger partial charge in [0.1, 0.15) is 18.0 Å². The molecule has 2 aromatic rings. The zero-order chi connectivity index (χ0) is 23.4. The number of nitrogens with one attached hydrogen (secondary N) is 1. The first-order valence-corrected chi connectivity index (χ1v) is 11.1. The van der Waals surface area contributed by atoms with Gasteiger partial charge in [-0.25, -0.2) is 0 Å². The zero-order valence-electron chi connectivity index (χ0n) is 18.9. The van der Waals surface area contributed by atoms with Crippen molar-refractivity contribution in [2.45, 2.75) is 32.8 Å². The molecule has 8 nitrogen and oxygen atoms in total. The molecule has 1 fully saturated rings. The number of rotatable bonds is 8. The summed E-state index contributed by atoms with van der Waals surface area (Å²) in [5, 5.41) is 2.82. The fraction of sp³-hybridized carbons (Fsp3) is 0.400. The molecule has 2 aliphatic heterocycles. The van der Waals surface area contributed by atoms with E-state index in [0.29, 0.717) is 35.9 Å². The van der Waals surface area contributed by atoms with Gasteiger partial charge in [-0.05, 0) is 62.1 Å². The Kier molecular flexibility index (Phi) is 6.93. The van der Waals surface area contributed by atoms with Gasteiger partial charge in [-0.2, -0.15) is 0 Å². The Labute approximate surface area is 192 Å². The monoisotopic (exact) mass is 452 g/mol. The average Bonchev–Trinajstić information content (AvgIpc) is 3.33. The smallest absolute Gasteiger partial charge is 0.265 e. The fourth-order valence-corrected chi connectivity index (χ4v) is 3.87. The van der Waals surface area contributed by atoms with Crippen molar-refractivity contribution in [1.29, 1.82) is 0 Å². The van der Waals surface area contributed by atoms with E-state index in [0.717, 1.165) is 24.0 Å². The maximum Gasteiger partial charge on any atom is 0.265 e. The molecule has 174 valence electrons. The van der Waals surface area contributed by atoms with E-state index >= 15 is 0 Å². The lowest BCUT2D eigenvalue weighted by molar-refractivity contribution is -0.125. The molecule has 0 aliphatic carbocycles. The van der Waals surface area contributed by atoms with Gasteiger partial charge in [-0.15, -0.1) is 0 Å². The molecule has 0 aromatic heterocycles. The van der Waals surface area contributed by atoms with Crippen molar-refractivity contribution in [2.75, 3.05) is 37.8 Å². The summed E-state index contributed by atoms with van der Waals surface area (Å²) < 4.78 is 16.7.